The van der Waals surface area contributed by atoms with Crippen molar-refractivity contribution in [3.63, 3.8) is 0 Å². The van der Waals surface area contributed by atoms with E-state index in [1.165, 1.54) is 25.7 Å². The largest absolute Gasteiger partial charge is 0.394 e. The van der Waals surface area contributed by atoms with Gasteiger partial charge in [-0.15, -0.1) is 0 Å². The average molecular weight is 182 g/mol. The van der Waals surface area contributed by atoms with Crippen molar-refractivity contribution in [3.8, 4) is 0 Å². The van der Waals surface area contributed by atoms with Crippen LogP contribution in [0.1, 0.15) is 25.7 Å². The molecule has 1 fully saturated rings. The Kier molecular flexibility index (Phi) is 3.01. The first-order valence-electron chi connectivity index (χ1n) is 5.27. The Hall–Kier alpha value is -0.340. The van der Waals surface area contributed by atoms with Crippen molar-refractivity contribution in [3.05, 3.63) is 12.2 Å². The molecule has 2 nitrogen and oxygen atoms in total. The van der Waals surface area contributed by atoms with E-state index in [2.05, 4.69) is 12.2 Å². The molecule has 0 aliphatic heterocycles. The summed E-state index contributed by atoms with van der Waals surface area (Å²) in [6.07, 6.45) is 9.91. The Morgan fingerprint density at radius 3 is 2.31 bits per heavy atom. The van der Waals surface area contributed by atoms with E-state index in [4.69, 9.17) is 9.84 Å². The minimum atomic E-state index is 0.157. The van der Waals surface area contributed by atoms with Gasteiger partial charge in [-0.2, -0.15) is 0 Å². The lowest BCUT2D eigenvalue weighted by Gasteiger charge is -2.19. The number of ether oxygens (including phenoxy) is 1. The van der Waals surface area contributed by atoms with Crippen LogP contribution < -0.4 is 0 Å². The summed E-state index contributed by atoms with van der Waals surface area (Å²) < 4.78 is 5.57. The number of aliphatic hydroxyl groups is 1. The fourth-order valence-electron chi connectivity index (χ4n) is 2.63. The maximum atomic E-state index is 8.65. The summed E-state index contributed by atoms with van der Waals surface area (Å²) in [5, 5.41) is 8.65. The smallest absolute Gasteiger partial charge is 0.0701 e. The van der Waals surface area contributed by atoms with E-state index < -0.39 is 0 Å². The van der Waals surface area contributed by atoms with Gasteiger partial charge < -0.3 is 9.84 Å². The van der Waals surface area contributed by atoms with E-state index in [-0.39, 0.29) is 6.61 Å². The van der Waals surface area contributed by atoms with E-state index in [9.17, 15) is 0 Å². The molecule has 0 bridgehead atoms. The van der Waals surface area contributed by atoms with Crippen molar-refractivity contribution in [2.24, 2.45) is 11.8 Å². The van der Waals surface area contributed by atoms with Crippen LogP contribution in [0.25, 0.3) is 0 Å². The van der Waals surface area contributed by atoms with Crippen molar-refractivity contribution in [2.45, 2.75) is 31.8 Å². The number of hydrogen-bond donors (Lipinski definition) is 1. The zero-order chi connectivity index (χ0) is 9.10. The Labute approximate surface area is 79.6 Å². The van der Waals surface area contributed by atoms with Gasteiger partial charge in [0, 0.05) is 0 Å². The second-order valence-corrected chi connectivity index (χ2v) is 4.15. The van der Waals surface area contributed by atoms with Gasteiger partial charge in [-0.05, 0) is 37.5 Å². The Bertz CT molecular complexity index is 173. The van der Waals surface area contributed by atoms with Gasteiger partial charge in [0.2, 0.25) is 0 Å². The van der Waals surface area contributed by atoms with Gasteiger partial charge in [0.25, 0.3) is 0 Å². The Morgan fingerprint density at radius 1 is 1.15 bits per heavy atom. The molecule has 2 rings (SSSR count). The van der Waals surface area contributed by atoms with E-state index in [0.717, 1.165) is 11.8 Å². The predicted octanol–water partition coefficient (Wildman–Crippen LogP) is 1.74. The predicted molar refractivity (Wildman–Crippen MR) is 51.4 cm³/mol. The molecule has 0 aromatic rings. The quantitative estimate of drug-likeness (QED) is 0.674. The summed E-state index contributed by atoms with van der Waals surface area (Å²) in [4.78, 5) is 0. The SMILES string of the molecule is OCCOC1C[C@H]2CC=CC[C@H]2C1. The molecular weight excluding hydrogens is 164 g/mol. The lowest BCUT2D eigenvalue weighted by atomic mass is 9.86. The summed E-state index contributed by atoms with van der Waals surface area (Å²) >= 11 is 0. The van der Waals surface area contributed by atoms with Gasteiger partial charge in [-0.1, -0.05) is 12.2 Å². The molecular formula is C11H18O2. The summed E-state index contributed by atoms with van der Waals surface area (Å²) in [6, 6.07) is 0. The summed E-state index contributed by atoms with van der Waals surface area (Å²) in [5.74, 6) is 1.71. The van der Waals surface area contributed by atoms with Crippen LogP contribution in [0.2, 0.25) is 0 Å². The van der Waals surface area contributed by atoms with Crippen LogP contribution >= 0.6 is 0 Å². The molecule has 0 heterocycles. The van der Waals surface area contributed by atoms with Crippen LogP contribution in [-0.2, 0) is 4.74 Å². The molecule has 1 unspecified atom stereocenters. The minimum Gasteiger partial charge on any atom is -0.394 e. The van der Waals surface area contributed by atoms with Gasteiger partial charge in [0.1, 0.15) is 0 Å². The van der Waals surface area contributed by atoms with E-state index in [0.29, 0.717) is 12.7 Å². The zero-order valence-electron chi connectivity index (χ0n) is 7.98. The maximum Gasteiger partial charge on any atom is 0.0701 e. The second kappa shape index (κ2) is 4.25. The van der Waals surface area contributed by atoms with E-state index in [1.807, 2.05) is 0 Å². The van der Waals surface area contributed by atoms with Crippen LogP contribution in [0.4, 0.5) is 0 Å². The highest BCUT2D eigenvalue weighted by Gasteiger charge is 2.34. The number of fused-ring (bicyclic) bond motifs is 1. The van der Waals surface area contributed by atoms with Crippen LogP contribution in [0.15, 0.2) is 12.2 Å². The molecule has 0 aromatic carbocycles. The summed E-state index contributed by atoms with van der Waals surface area (Å²) in [5.41, 5.74) is 0. The topological polar surface area (TPSA) is 29.5 Å². The van der Waals surface area contributed by atoms with Gasteiger partial charge >= 0.3 is 0 Å². The lowest BCUT2D eigenvalue weighted by Crippen LogP contribution is -2.11. The van der Waals surface area contributed by atoms with E-state index in [1.54, 1.807) is 0 Å². The summed E-state index contributed by atoms with van der Waals surface area (Å²) in [6.45, 7) is 0.668. The van der Waals surface area contributed by atoms with Gasteiger partial charge in [0.05, 0.1) is 19.3 Å². The molecule has 3 atom stereocenters. The highest BCUT2D eigenvalue weighted by Crippen LogP contribution is 2.40. The third-order valence-electron chi connectivity index (χ3n) is 3.29. The van der Waals surface area contributed by atoms with Crippen molar-refractivity contribution >= 4 is 0 Å². The Morgan fingerprint density at radius 2 is 1.77 bits per heavy atom. The van der Waals surface area contributed by atoms with Crippen molar-refractivity contribution in [1.82, 2.24) is 0 Å². The number of hydrogen-bond acceptors (Lipinski definition) is 2. The molecule has 0 aromatic heterocycles. The first-order chi connectivity index (χ1) is 6.40. The van der Waals surface area contributed by atoms with Gasteiger partial charge in [0.15, 0.2) is 0 Å². The van der Waals surface area contributed by atoms with Crippen LogP contribution in [0.5, 0.6) is 0 Å². The molecule has 1 N–H and O–H groups in total. The highest BCUT2D eigenvalue weighted by molar-refractivity contribution is 4.99. The molecule has 2 aliphatic carbocycles. The fraction of sp³-hybridized carbons (Fsp3) is 0.818. The standard InChI is InChI=1S/C11H18O2/c12-5-6-13-11-7-9-3-1-2-4-10(9)8-11/h1-2,9-12H,3-8H2/t9-,10+,11?. The van der Waals surface area contributed by atoms with Gasteiger partial charge in [-0.3, -0.25) is 0 Å². The molecule has 74 valence electrons. The van der Waals surface area contributed by atoms with Crippen LogP contribution in [0.3, 0.4) is 0 Å². The normalized spacial score (nSPS) is 37.8. The molecule has 0 radical (unpaired) electrons. The molecule has 0 amide bonds. The van der Waals surface area contributed by atoms with Crippen molar-refractivity contribution in [2.75, 3.05) is 13.2 Å². The first kappa shape index (κ1) is 9.22. The summed E-state index contributed by atoms with van der Waals surface area (Å²) in [7, 11) is 0. The first-order valence-corrected chi connectivity index (χ1v) is 5.27. The zero-order valence-corrected chi connectivity index (χ0v) is 7.98. The lowest BCUT2D eigenvalue weighted by molar-refractivity contribution is 0.0297. The van der Waals surface area contributed by atoms with Crippen molar-refractivity contribution in [1.29, 1.82) is 0 Å². The minimum absolute atomic E-state index is 0.157. The molecule has 2 aliphatic rings. The Balaban J connectivity index is 1.80. The molecule has 1 saturated carbocycles. The number of rotatable bonds is 3. The van der Waals surface area contributed by atoms with Crippen LogP contribution in [0, 0.1) is 11.8 Å². The monoisotopic (exact) mass is 182 g/mol. The molecule has 2 heteroatoms. The molecule has 13 heavy (non-hydrogen) atoms. The molecule has 0 saturated heterocycles. The average Bonchev–Trinajstić information content (AvgIpc) is 2.57. The highest BCUT2D eigenvalue weighted by atomic mass is 16.5. The van der Waals surface area contributed by atoms with E-state index >= 15 is 0 Å². The number of aliphatic hydroxyl groups excluding tert-OH is 1. The molecule has 0 spiro atoms. The van der Waals surface area contributed by atoms with Crippen LogP contribution in [-0.4, -0.2) is 24.4 Å². The maximum absolute atomic E-state index is 8.65. The third kappa shape index (κ3) is 2.12. The third-order valence-corrected chi connectivity index (χ3v) is 3.29. The second-order valence-electron chi connectivity index (χ2n) is 4.15. The number of allylic oxidation sites excluding steroid dienone is 2. The van der Waals surface area contributed by atoms with Crippen molar-refractivity contribution < 1.29 is 9.84 Å². The fourth-order valence-corrected chi connectivity index (χ4v) is 2.63. The van der Waals surface area contributed by atoms with Gasteiger partial charge in [-0.25, -0.2) is 0 Å².